The third-order valence-corrected chi connectivity index (χ3v) is 15.4. The Bertz CT molecular complexity index is 3560. The Morgan fingerprint density at radius 2 is 1.06 bits per heavy atom. The molecule has 0 unspecified atom stereocenters. The van der Waals surface area contributed by atoms with Crippen LogP contribution < -0.4 is 14.5 Å². The first kappa shape index (κ1) is 40.5. The van der Waals surface area contributed by atoms with E-state index in [2.05, 4.69) is 240 Å². The van der Waals surface area contributed by atoms with Gasteiger partial charge >= 0.3 is 0 Å². The number of hydrogen-bond donors (Lipinski definition) is 0. The van der Waals surface area contributed by atoms with Crippen molar-refractivity contribution >= 4 is 71.7 Å². The Morgan fingerprint density at radius 1 is 0.485 bits per heavy atom. The number of fused-ring (bicyclic) bond motifs is 7. The van der Waals surface area contributed by atoms with Gasteiger partial charge in [-0.05, 0) is 111 Å². The van der Waals surface area contributed by atoms with Crippen molar-refractivity contribution in [1.82, 2.24) is 14.2 Å². The lowest BCUT2D eigenvalue weighted by atomic mass is 9.57. The summed E-state index contributed by atoms with van der Waals surface area (Å²) in [7, 11) is 0. The third-order valence-electron chi connectivity index (χ3n) is 15.4. The Kier molecular flexibility index (Phi) is 8.42. The largest absolute Gasteiger partial charge is 0.457 e. The fourth-order valence-electron chi connectivity index (χ4n) is 10.9. The maximum Gasteiger partial charge on any atom is 0.129 e. The van der Waals surface area contributed by atoms with Crippen molar-refractivity contribution in [3.63, 3.8) is 0 Å². The van der Waals surface area contributed by atoms with Gasteiger partial charge in [0.1, 0.15) is 18.2 Å². The van der Waals surface area contributed by atoms with Crippen molar-refractivity contribution < 1.29 is 4.74 Å². The molecule has 12 rings (SSSR count). The summed E-state index contributed by atoms with van der Waals surface area (Å²) in [5.41, 5.74) is 15.4. The second-order valence-corrected chi connectivity index (χ2v) is 21.9. The molecule has 0 saturated heterocycles. The molecule has 328 valence electrons. The molecule has 6 heteroatoms. The van der Waals surface area contributed by atoms with E-state index < -0.39 is 0 Å². The molecule has 0 N–H and O–H groups in total. The Hall–Kier alpha value is -7.05. The Balaban J connectivity index is 0.968. The average Bonchev–Trinajstić information content (AvgIpc) is 4.01. The molecule has 66 heavy (non-hydrogen) atoms. The SMILES string of the molecule is CC(C)(C)c1cc(N2CN(c3cccc(Oc4ccc5c6cc(-n7c8ccccc8c8ccccc87)cc7c6c6c(cnn6c5c4)C(C)(C)C7(C)C)c3)c3ccccc32)cc(C(C)(C)C)c1. The van der Waals surface area contributed by atoms with Crippen molar-refractivity contribution in [3.8, 4) is 17.2 Å². The predicted molar refractivity (Wildman–Crippen MR) is 277 cm³/mol. The van der Waals surface area contributed by atoms with Gasteiger partial charge in [0.15, 0.2) is 0 Å². The number of aromatic nitrogens is 3. The number of nitrogens with zero attached hydrogens (tertiary/aromatic N) is 5. The van der Waals surface area contributed by atoms with Crippen LogP contribution in [0.2, 0.25) is 0 Å². The van der Waals surface area contributed by atoms with Crippen molar-refractivity contribution in [1.29, 1.82) is 0 Å². The molecule has 0 saturated carbocycles. The molecule has 3 aromatic heterocycles. The van der Waals surface area contributed by atoms with Gasteiger partial charge in [-0.2, -0.15) is 5.10 Å². The number of pyridine rings is 1. The van der Waals surface area contributed by atoms with Gasteiger partial charge in [-0.15, -0.1) is 0 Å². The fraction of sp³-hybridized carbons (Fsp3) is 0.250. The van der Waals surface area contributed by atoms with Gasteiger partial charge in [0.05, 0.1) is 39.6 Å². The van der Waals surface area contributed by atoms with Crippen LogP contribution in [0.25, 0.3) is 54.7 Å². The van der Waals surface area contributed by atoms with Gasteiger partial charge in [-0.3, -0.25) is 0 Å². The zero-order valence-corrected chi connectivity index (χ0v) is 39.8. The molecular formula is C60H57N5O. The summed E-state index contributed by atoms with van der Waals surface area (Å²) in [6.07, 6.45) is 2.11. The maximum atomic E-state index is 6.87. The van der Waals surface area contributed by atoms with E-state index in [0.29, 0.717) is 6.67 Å². The summed E-state index contributed by atoms with van der Waals surface area (Å²) in [6.45, 7) is 24.1. The van der Waals surface area contributed by atoms with E-state index in [9.17, 15) is 0 Å². The van der Waals surface area contributed by atoms with Gasteiger partial charge in [0, 0.05) is 61.7 Å². The summed E-state index contributed by atoms with van der Waals surface area (Å²) in [4.78, 5) is 4.86. The molecule has 4 heterocycles. The van der Waals surface area contributed by atoms with E-state index in [1.807, 2.05) is 0 Å². The van der Waals surface area contributed by atoms with Crippen molar-refractivity contribution in [3.05, 3.63) is 174 Å². The summed E-state index contributed by atoms with van der Waals surface area (Å²) < 4.78 is 11.5. The van der Waals surface area contributed by atoms with Gasteiger partial charge in [0.25, 0.3) is 0 Å². The van der Waals surface area contributed by atoms with E-state index in [4.69, 9.17) is 9.84 Å². The van der Waals surface area contributed by atoms with E-state index in [-0.39, 0.29) is 21.7 Å². The quantitative estimate of drug-likeness (QED) is 0.162. The Labute approximate surface area is 387 Å². The molecule has 6 nitrogen and oxygen atoms in total. The fourth-order valence-corrected chi connectivity index (χ4v) is 10.9. The van der Waals surface area contributed by atoms with Crippen LogP contribution in [-0.4, -0.2) is 20.8 Å². The first-order valence-electron chi connectivity index (χ1n) is 23.5. The molecule has 0 spiro atoms. The minimum Gasteiger partial charge on any atom is -0.457 e. The summed E-state index contributed by atoms with van der Waals surface area (Å²) >= 11 is 0. The molecule has 0 fully saturated rings. The number of rotatable bonds is 5. The molecule has 2 aliphatic rings. The van der Waals surface area contributed by atoms with Crippen molar-refractivity contribution in [2.45, 2.75) is 90.9 Å². The van der Waals surface area contributed by atoms with Gasteiger partial charge in [0.2, 0.25) is 0 Å². The smallest absolute Gasteiger partial charge is 0.129 e. The summed E-state index contributed by atoms with van der Waals surface area (Å²) in [6, 6.07) is 53.4. The lowest BCUT2D eigenvalue weighted by molar-refractivity contribution is 0.304. The topological polar surface area (TPSA) is 37.9 Å². The van der Waals surface area contributed by atoms with Crippen LogP contribution in [0.5, 0.6) is 11.5 Å². The first-order chi connectivity index (χ1) is 31.5. The van der Waals surface area contributed by atoms with E-state index in [0.717, 1.165) is 28.1 Å². The second-order valence-electron chi connectivity index (χ2n) is 21.9. The highest BCUT2D eigenvalue weighted by Crippen LogP contribution is 2.55. The maximum absolute atomic E-state index is 6.87. The number of anilines is 4. The molecule has 10 aromatic rings. The van der Waals surface area contributed by atoms with Gasteiger partial charge in [-0.25, -0.2) is 4.52 Å². The van der Waals surface area contributed by atoms with Crippen LogP contribution in [0.3, 0.4) is 0 Å². The van der Waals surface area contributed by atoms with Crippen LogP contribution in [0.1, 0.15) is 91.5 Å². The molecule has 1 aliphatic carbocycles. The van der Waals surface area contributed by atoms with Crippen LogP contribution >= 0.6 is 0 Å². The summed E-state index contributed by atoms with van der Waals surface area (Å²) in [5, 5.41) is 11.3. The second kappa shape index (κ2) is 13.7. The van der Waals surface area contributed by atoms with Crippen LogP contribution in [-0.2, 0) is 21.7 Å². The minimum absolute atomic E-state index is 0.0182. The zero-order valence-electron chi connectivity index (χ0n) is 39.8. The van der Waals surface area contributed by atoms with Crippen LogP contribution in [0.4, 0.5) is 22.7 Å². The van der Waals surface area contributed by atoms with Crippen LogP contribution in [0.15, 0.2) is 152 Å². The first-order valence-corrected chi connectivity index (χ1v) is 23.5. The lowest BCUT2D eigenvalue weighted by Crippen LogP contribution is -2.42. The van der Waals surface area contributed by atoms with Crippen molar-refractivity contribution in [2.75, 3.05) is 16.5 Å². The van der Waals surface area contributed by atoms with Gasteiger partial charge < -0.3 is 19.1 Å². The number of hydrogen-bond acceptors (Lipinski definition) is 4. The minimum atomic E-state index is -0.190. The van der Waals surface area contributed by atoms with Crippen molar-refractivity contribution in [2.24, 2.45) is 0 Å². The average molecular weight is 864 g/mol. The lowest BCUT2D eigenvalue weighted by Gasteiger charge is -2.45. The standard InChI is InChI=1S/C60H57N5O/c1-57(2,3)37-28-38(58(4,5)6)30-40(29-37)63-36-62(52-24-15-16-25-53(52)63)39-18-17-19-42(31-39)66-43-26-27-46-47-32-41(64-50-22-13-11-20-44(50)45-21-12-14-23-51(45)64)33-48-55(47)56-49(60(9,10)59(48,7)8)35-61-65(56)54(46)34-43/h11-35H,36H2,1-10H3. The predicted octanol–water partition coefficient (Wildman–Crippen LogP) is 15.9. The van der Waals surface area contributed by atoms with E-state index in [1.165, 1.54) is 83.1 Å². The third kappa shape index (κ3) is 5.82. The molecular weight excluding hydrogens is 807 g/mol. The molecule has 0 radical (unpaired) electrons. The highest BCUT2D eigenvalue weighted by Gasteiger charge is 2.47. The van der Waals surface area contributed by atoms with Gasteiger partial charge in [-0.1, -0.05) is 130 Å². The molecule has 0 amide bonds. The number of benzene rings is 7. The molecule has 0 atom stereocenters. The van der Waals surface area contributed by atoms with Crippen LogP contribution in [0, 0.1) is 0 Å². The molecule has 0 bridgehead atoms. The summed E-state index contributed by atoms with van der Waals surface area (Å²) in [5.74, 6) is 1.55. The highest BCUT2D eigenvalue weighted by molar-refractivity contribution is 6.17. The Morgan fingerprint density at radius 3 is 1.71 bits per heavy atom. The zero-order chi connectivity index (χ0) is 45.7. The highest BCUT2D eigenvalue weighted by atomic mass is 16.5. The van der Waals surface area contributed by atoms with E-state index >= 15 is 0 Å². The molecule has 7 aromatic carbocycles. The monoisotopic (exact) mass is 863 g/mol. The number of para-hydroxylation sites is 4. The normalized spacial score (nSPS) is 15.5. The number of ether oxygens (including phenoxy) is 1. The molecule has 1 aliphatic heterocycles. The van der Waals surface area contributed by atoms with E-state index in [1.54, 1.807) is 0 Å².